The molecular formula is C22H34Cl2N4O. The summed E-state index contributed by atoms with van der Waals surface area (Å²) in [5.41, 5.74) is 1.16. The van der Waals surface area contributed by atoms with E-state index in [9.17, 15) is 4.79 Å². The average molecular weight is 441 g/mol. The third kappa shape index (κ3) is 6.24. The Labute approximate surface area is 185 Å². The van der Waals surface area contributed by atoms with E-state index >= 15 is 0 Å². The van der Waals surface area contributed by atoms with Gasteiger partial charge in [0, 0.05) is 52.4 Å². The molecule has 1 saturated carbocycles. The highest BCUT2D eigenvalue weighted by Crippen LogP contribution is 2.38. The van der Waals surface area contributed by atoms with E-state index in [-0.39, 0.29) is 6.03 Å². The number of rotatable bonds is 6. The molecule has 7 heteroatoms. The molecule has 1 aliphatic heterocycles. The fraction of sp³-hybridized carbons (Fsp3) is 0.682. The van der Waals surface area contributed by atoms with Crippen molar-refractivity contribution in [3.05, 3.63) is 33.8 Å². The SMILES string of the molecule is CN(C)C(=O)N[C@H]1CC[C@H](CCC(c2cccc(Cl)c2Cl)N2CCNCC2)CC1. The highest BCUT2D eigenvalue weighted by atomic mass is 35.5. The molecule has 2 fully saturated rings. The second-order valence-corrected chi connectivity index (χ2v) is 9.37. The number of carbonyl (C=O) groups is 1. The van der Waals surface area contributed by atoms with Gasteiger partial charge in [0.2, 0.25) is 0 Å². The molecule has 2 amide bonds. The molecule has 3 rings (SSSR count). The molecule has 162 valence electrons. The molecule has 0 radical (unpaired) electrons. The Morgan fingerprint density at radius 3 is 2.55 bits per heavy atom. The Hall–Kier alpha value is -1.01. The largest absolute Gasteiger partial charge is 0.335 e. The summed E-state index contributed by atoms with van der Waals surface area (Å²) in [4.78, 5) is 16.0. The fourth-order valence-electron chi connectivity index (χ4n) is 4.60. The molecule has 29 heavy (non-hydrogen) atoms. The lowest BCUT2D eigenvalue weighted by Gasteiger charge is -2.37. The number of benzene rings is 1. The van der Waals surface area contributed by atoms with Crippen LogP contribution in [0.2, 0.25) is 10.0 Å². The van der Waals surface area contributed by atoms with Crippen molar-refractivity contribution in [2.45, 2.75) is 50.6 Å². The van der Waals surface area contributed by atoms with Crippen LogP contribution < -0.4 is 10.6 Å². The summed E-state index contributed by atoms with van der Waals surface area (Å²) in [7, 11) is 3.58. The Morgan fingerprint density at radius 2 is 1.90 bits per heavy atom. The number of amides is 2. The van der Waals surface area contributed by atoms with Crippen molar-refractivity contribution >= 4 is 29.2 Å². The van der Waals surface area contributed by atoms with Gasteiger partial charge in [-0.3, -0.25) is 4.90 Å². The monoisotopic (exact) mass is 440 g/mol. The van der Waals surface area contributed by atoms with Crippen LogP contribution in [0, 0.1) is 5.92 Å². The summed E-state index contributed by atoms with van der Waals surface area (Å²) in [6, 6.07) is 6.65. The molecule has 1 aromatic rings. The number of carbonyl (C=O) groups excluding carboxylic acids is 1. The smallest absolute Gasteiger partial charge is 0.317 e. The lowest BCUT2D eigenvalue weighted by atomic mass is 9.82. The summed E-state index contributed by atoms with van der Waals surface area (Å²) < 4.78 is 0. The standard InChI is InChI=1S/C22H34Cl2N4O/c1-27(2)22(29)26-17-9-6-16(7-10-17)8-11-20(28-14-12-25-13-15-28)18-4-3-5-19(23)21(18)24/h3-5,16-17,20,25H,6-15H2,1-2H3,(H,26,29)/t16-,17-,20?. The molecule has 5 nitrogen and oxygen atoms in total. The molecule has 1 aliphatic carbocycles. The molecule has 1 atom stereocenters. The number of piperazine rings is 1. The van der Waals surface area contributed by atoms with Crippen LogP contribution in [0.25, 0.3) is 0 Å². The normalized spacial score (nSPS) is 24.1. The predicted octanol–water partition coefficient (Wildman–Crippen LogP) is 4.55. The number of hydrogen-bond donors (Lipinski definition) is 2. The number of halogens is 2. The number of hydrogen-bond acceptors (Lipinski definition) is 3. The van der Waals surface area contributed by atoms with Crippen LogP contribution in [0.1, 0.15) is 50.1 Å². The predicted molar refractivity (Wildman–Crippen MR) is 121 cm³/mol. The van der Waals surface area contributed by atoms with Crippen molar-refractivity contribution in [3.63, 3.8) is 0 Å². The van der Waals surface area contributed by atoms with Crippen LogP contribution in [0.5, 0.6) is 0 Å². The van der Waals surface area contributed by atoms with Crippen molar-refractivity contribution in [1.82, 2.24) is 20.4 Å². The van der Waals surface area contributed by atoms with E-state index in [1.807, 2.05) is 12.1 Å². The van der Waals surface area contributed by atoms with E-state index in [0.29, 0.717) is 28.0 Å². The second-order valence-electron chi connectivity index (χ2n) is 8.58. The minimum absolute atomic E-state index is 0.0165. The topological polar surface area (TPSA) is 47.6 Å². The van der Waals surface area contributed by atoms with E-state index in [2.05, 4.69) is 21.6 Å². The average Bonchev–Trinajstić information content (AvgIpc) is 2.73. The summed E-state index contributed by atoms with van der Waals surface area (Å²) in [5.74, 6) is 0.714. The molecule has 1 aromatic carbocycles. The Kier molecular flexibility index (Phi) is 8.48. The van der Waals surface area contributed by atoms with Gasteiger partial charge < -0.3 is 15.5 Å². The van der Waals surface area contributed by atoms with Gasteiger partial charge in [0.25, 0.3) is 0 Å². The van der Waals surface area contributed by atoms with E-state index in [1.165, 1.54) is 19.3 Å². The molecule has 2 aliphatic rings. The minimum atomic E-state index is 0.0165. The molecule has 2 N–H and O–H groups in total. The molecule has 0 aromatic heterocycles. The Morgan fingerprint density at radius 1 is 1.21 bits per heavy atom. The molecule has 1 unspecified atom stereocenters. The van der Waals surface area contributed by atoms with Gasteiger partial charge in [-0.25, -0.2) is 4.79 Å². The summed E-state index contributed by atoms with van der Waals surface area (Å²) in [6.45, 7) is 4.12. The minimum Gasteiger partial charge on any atom is -0.335 e. The van der Waals surface area contributed by atoms with E-state index in [4.69, 9.17) is 23.2 Å². The highest BCUT2D eigenvalue weighted by molar-refractivity contribution is 6.42. The lowest BCUT2D eigenvalue weighted by Crippen LogP contribution is -2.45. The van der Waals surface area contributed by atoms with Crippen molar-refractivity contribution in [2.24, 2.45) is 5.92 Å². The van der Waals surface area contributed by atoms with Crippen LogP contribution >= 0.6 is 23.2 Å². The van der Waals surface area contributed by atoms with Crippen molar-refractivity contribution in [3.8, 4) is 0 Å². The number of nitrogens with one attached hydrogen (secondary N) is 2. The Bertz CT molecular complexity index is 671. The van der Waals surface area contributed by atoms with Gasteiger partial charge in [-0.15, -0.1) is 0 Å². The first-order chi connectivity index (χ1) is 14.0. The summed E-state index contributed by atoms with van der Waals surface area (Å²) in [6.07, 6.45) is 6.78. The van der Waals surface area contributed by atoms with E-state index in [0.717, 1.165) is 51.0 Å². The molecule has 1 heterocycles. The zero-order valence-corrected chi connectivity index (χ0v) is 19.1. The number of nitrogens with zero attached hydrogens (tertiary/aromatic N) is 2. The van der Waals surface area contributed by atoms with Crippen LogP contribution in [0.4, 0.5) is 4.79 Å². The van der Waals surface area contributed by atoms with Gasteiger partial charge in [-0.2, -0.15) is 0 Å². The van der Waals surface area contributed by atoms with Crippen molar-refractivity contribution in [2.75, 3.05) is 40.3 Å². The zero-order chi connectivity index (χ0) is 20.8. The molecule has 1 saturated heterocycles. The maximum Gasteiger partial charge on any atom is 0.317 e. The molecule has 0 bridgehead atoms. The van der Waals surface area contributed by atoms with Gasteiger partial charge in [0.15, 0.2) is 0 Å². The summed E-state index contributed by atoms with van der Waals surface area (Å²) >= 11 is 12.9. The van der Waals surface area contributed by atoms with Gasteiger partial charge >= 0.3 is 6.03 Å². The second kappa shape index (κ2) is 10.9. The Balaban J connectivity index is 1.58. The van der Waals surface area contributed by atoms with Crippen molar-refractivity contribution < 1.29 is 4.79 Å². The fourth-order valence-corrected chi connectivity index (χ4v) is 5.03. The third-order valence-corrected chi connectivity index (χ3v) is 7.20. The maximum atomic E-state index is 11.9. The number of urea groups is 1. The summed E-state index contributed by atoms with van der Waals surface area (Å²) in [5, 5.41) is 7.92. The zero-order valence-electron chi connectivity index (χ0n) is 17.6. The molecule has 0 spiro atoms. The highest BCUT2D eigenvalue weighted by Gasteiger charge is 2.28. The van der Waals surface area contributed by atoms with E-state index in [1.54, 1.807) is 19.0 Å². The van der Waals surface area contributed by atoms with Crippen molar-refractivity contribution in [1.29, 1.82) is 0 Å². The van der Waals surface area contributed by atoms with Gasteiger partial charge in [-0.05, 0) is 56.1 Å². The first-order valence-corrected chi connectivity index (χ1v) is 11.6. The third-order valence-electron chi connectivity index (χ3n) is 6.36. The maximum absolute atomic E-state index is 11.9. The first-order valence-electron chi connectivity index (χ1n) is 10.8. The van der Waals surface area contributed by atoms with Crippen LogP contribution in [0.15, 0.2) is 18.2 Å². The lowest BCUT2D eigenvalue weighted by molar-refractivity contribution is 0.152. The quantitative estimate of drug-likeness (QED) is 0.681. The first kappa shape index (κ1) is 22.7. The van der Waals surface area contributed by atoms with Crippen LogP contribution in [-0.2, 0) is 0 Å². The van der Waals surface area contributed by atoms with Crippen LogP contribution in [0.3, 0.4) is 0 Å². The van der Waals surface area contributed by atoms with Gasteiger partial charge in [-0.1, -0.05) is 35.3 Å². The van der Waals surface area contributed by atoms with Gasteiger partial charge in [0.1, 0.15) is 0 Å². The van der Waals surface area contributed by atoms with Gasteiger partial charge in [0.05, 0.1) is 10.0 Å². The van der Waals surface area contributed by atoms with Crippen LogP contribution in [-0.4, -0.2) is 62.1 Å². The molecular weight excluding hydrogens is 407 g/mol. The van der Waals surface area contributed by atoms with E-state index < -0.39 is 0 Å².